The number of carbonyl (C=O) groups excluding carboxylic acids is 2. The summed E-state index contributed by atoms with van der Waals surface area (Å²) in [6, 6.07) is 0.0966. The van der Waals surface area contributed by atoms with Gasteiger partial charge in [0.05, 0.1) is 0 Å². The first kappa shape index (κ1) is 16.0. The van der Waals surface area contributed by atoms with Crippen molar-refractivity contribution in [1.82, 2.24) is 20.4 Å². The summed E-state index contributed by atoms with van der Waals surface area (Å²) in [5.74, 6) is 2.36. The fourth-order valence-corrected chi connectivity index (χ4v) is 5.04. The third-order valence-corrected chi connectivity index (χ3v) is 6.40. The first-order valence-corrected chi connectivity index (χ1v) is 10.1. The van der Waals surface area contributed by atoms with Gasteiger partial charge in [0.1, 0.15) is 0 Å². The number of aryl methyl sites for hydroxylation is 1. The van der Waals surface area contributed by atoms with Crippen LogP contribution in [0.4, 0.5) is 0 Å². The molecule has 2 heterocycles. The maximum atomic E-state index is 12.6. The minimum atomic E-state index is -0.0816. The normalized spacial score (nSPS) is 26.4. The molecule has 1 aromatic heterocycles. The second kappa shape index (κ2) is 6.78. The van der Waals surface area contributed by atoms with Crippen LogP contribution in [0.5, 0.6) is 0 Å². The van der Waals surface area contributed by atoms with E-state index in [0.717, 1.165) is 74.4 Å². The predicted octanol–water partition coefficient (Wildman–Crippen LogP) is 1.37. The predicted molar refractivity (Wildman–Crippen MR) is 93.1 cm³/mol. The highest BCUT2D eigenvalue weighted by atomic mass is 32.2. The number of rotatable bonds is 3. The minimum absolute atomic E-state index is 0.0725. The van der Waals surface area contributed by atoms with Gasteiger partial charge in [-0.25, -0.2) is 0 Å². The second-order valence-electron chi connectivity index (χ2n) is 7.00. The van der Waals surface area contributed by atoms with Gasteiger partial charge in [-0.15, -0.1) is 0 Å². The minimum Gasteiger partial charge on any atom is -0.348 e. The van der Waals surface area contributed by atoms with E-state index >= 15 is 0 Å². The Morgan fingerprint density at radius 3 is 2.88 bits per heavy atom. The number of aromatic nitrogens is 2. The number of thioether (sulfide) groups is 1. The van der Waals surface area contributed by atoms with Crippen LogP contribution in [-0.4, -0.2) is 57.5 Å². The molecule has 1 aromatic rings. The van der Waals surface area contributed by atoms with Gasteiger partial charge in [0.25, 0.3) is 5.91 Å². The number of hydrogen-bond acceptors (Lipinski definition) is 4. The molecule has 0 unspecified atom stereocenters. The molecule has 4 rings (SSSR count). The van der Waals surface area contributed by atoms with Gasteiger partial charge in [-0.2, -0.15) is 16.9 Å². The van der Waals surface area contributed by atoms with Crippen molar-refractivity contribution in [2.75, 3.05) is 24.6 Å². The lowest BCUT2D eigenvalue weighted by atomic mass is 10.1. The van der Waals surface area contributed by atoms with E-state index in [0.29, 0.717) is 5.69 Å². The van der Waals surface area contributed by atoms with Gasteiger partial charge < -0.3 is 10.2 Å². The maximum absolute atomic E-state index is 12.6. The van der Waals surface area contributed by atoms with Crippen LogP contribution in [0.15, 0.2) is 0 Å². The molecular weight excluding hydrogens is 324 g/mol. The molecule has 6 nitrogen and oxygen atoms in total. The van der Waals surface area contributed by atoms with Crippen LogP contribution in [0.3, 0.4) is 0 Å². The molecule has 7 heteroatoms. The van der Waals surface area contributed by atoms with Gasteiger partial charge in [0.2, 0.25) is 5.91 Å². The van der Waals surface area contributed by atoms with Crippen LogP contribution in [0.1, 0.15) is 47.4 Å². The zero-order valence-electron chi connectivity index (χ0n) is 13.8. The summed E-state index contributed by atoms with van der Waals surface area (Å²) in [4.78, 5) is 27.1. The number of fused-ring (bicyclic) bond motifs is 1. The summed E-state index contributed by atoms with van der Waals surface area (Å²) in [6.07, 6.45) is 5.56. The van der Waals surface area contributed by atoms with Crippen LogP contribution in [0, 0.1) is 5.92 Å². The largest absolute Gasteiger partial charge is 0.348 e. The molecule has 2 atom stereocenters. The number of amides is 2. The van der Waals surface area contributed by atoms with Gasteiger partial charge in [-0.1, -0.05) is 0 Å². The molecule has 1 saturated carbocycles. The molecule has 0 spiro atoms. The summed E-state index contributed by atoms with van der Waals surface area (Å²) in [6.45, 7) is 1.74. The number of aromatic amines is 1. The van der Waals surface area contributed by atoms with Crippen molar-refractivity contribution in [3.8, 4) is 0 Å². The Hall–Kier alpha value is -1.50. The van der Waals surface area contributed by atoms with Crippen LogP contribution in [-0.2, 0) is 17.6 Å². The van der Waals surface area contributed by atoms with Crippen molar-refractivity contribution >= 4 is 23.6 Å². The van der Waals surface area contributed by atoms with Crippen LogP contribution in [0.25, 0.3) is 0 Å². The first-order chi connectivity index (χ1) is 11.7. The first-order valence-electron chi connectivity index (χ1n) is 8.96. The molecule has 0 radical (unpaired) electrons. The number of nitrogens with one attached hydrogen (secondary N) is 2. The molecule has 2 aliphatic carbocycles. The van der Waals surface area contributed by atoms with Crippen LogP contribution >= 0.6 is 11.8 Å². The summed E-state index contributed by atoms with van der Waals surface area (Å²) in [5.41, 5.74) is 2.76. The topological polar surface area (TPSA) is 78.1 Å². The molecule has 130 valence electrons. The Balaban J connectivity index is 1.33. The fraction of sp³-hybridized carbons (Fsp3) is 0.706. The zero-order valence-corrected chi connectivity index (χ0v) is 14.7. The van der Waals surface area contributed by atoms with Crippen molar-refractivity contribution < 1.29 is 9.59 Å². The van der Waals surface area contributed by atoms with Crippen molar-refractivity contribution in [1.29, 1.82) is 0 Å². The van der Waals surface area contributed by atoms with E-state index in [-0.39, 0.29) is 23.8 Å². The lowest BCUT2D eigenvalue weighted by molar-refractivity contribution is -0.135. The van der Waals surface area contributed by atoms with E-state index in [9.17, 15) is 9.59 Å². The monoisotopic (exact) mass is 348 g/mol. The van der Waals surface area contributed by atoms with Gasteiger partial charge in [0.15, 0.2) is 5.69 Å². The Morgan fingerprint density at radius 2 is 2.04 bits per heavy atom. The second-order valence-corrected chi connectivity index (χ2v) is 8.23. The van der Waals surface area contributed by atoms with E-state index in [1.165, 1.54) is 0 Å². The summed E-state index contributed by atoms with van der Waals surface area (Å²) >= 11 is 1.91. The zero-order chi connectivity index (χ0) is 16.5. The Bertz CT molecular complexity index is 639. The third-order valence-electron chi connectivity index (χ3n) is 5.46. The number of H-pyrrole nitrogens is 1. The molecule has 1 aliphatic heterocycles. The number of carbonyl (C=O) groups is 2. The van der Waals surface area contributed by atoms with Gasteiger partial charge in [-0.3, -0.25) is 14.7 Å². The van der Waals surface area contributed by atoms with Crippen molar-refractivity contribution in [3.05, 3.63) is 17.0 Å². The molecule has 2 fully saturated rings. The quantitative estimate of drug-likeness (QED) is 0.865. The SMILES string of the molecule is O=C(N[C@H]1CC[C@@H](C(=O)N2CCSCC2)C1)c1n[nH]c2c1CCC2. The van der Waals surface area contributed by atoms with E-state index in [1.54, 1.807) is 0 Å². The highest BCUT2D eigenvalue weighted by Gasteiger charge is 2.34. The fourth-order valence-electron chi connectivity index (χ4n) is 4.14. The lowest BCUT2D eigenvalue weighted by Gasteiger charge is -2.29. The average molecular weight is 348 g/mol. The number of nitrogens with zero attached hydrogens (tertiary/aromatic N) is 2. The molecule has 2 amide bonds. The van der Waals surface area contributed by atoms with E-state index in [2.05, 4.69) is 15.5 Å². The number of hydrogen-bond donors (Lipinski definition) is 2. The molecule has 0 aromatic carbocycles. The highest BCUT2D eigenvalue weighted by Crippen LogP contribution is 2.29. The summed E-state index contributed by atoms with van der Waals surface area (Å²) in [7, 11) is 0. The average Bonchev–Trinajstić information content (AvgIpc) is 3.31. The lowest BCUT2D eigenvalue weighted by Crippen LogP contribution is -2.41. The molecule has 1 saturated heterocycles. The molecular formula is C17H24N4O2S. The highest BCUT2D eigenvalue weighted by molar-refractivity contribution is 7.99. The molecule has 0 bridgehead atoms. The van der Waals surface area contributed by atoms with Crippen molar-refractivity contribution in [2.45, 2.75) is 44.6 Å². The van der Waals surface area contributed by atoms with Gasteiger partial charge in [-0.05, 0) is 38.5 Å². The molecule has 2 N–H and O–H groups in total. The molecule has 24 heavy (non-hydrogen) atoms. The van der Waals surface area contributed by atoms with Crippen LogP contribution < -0.4 is 5.32 Å². The Kier molecular flexibility index (Phi) is 4.52. The van der Waals surface area contributed by atoms with E-state index in [4.69, 9.17) is 0 Å². The van der Waals surface area contributed by atoms with Crippen molar-refractivity contribution in [3.63, 3.8) is 0 Å². The Labute approximate surface area is 146 Å². The van der Waals surface area contributed by atoms with Gasteiger partial charge in [0, 0.05) is 47.8 Å². The summed E-state index contributed by atoms with van der Waals surface area (Å²) < 4.78 is 0. The Morgan fingerprint density at radius 1 is 1.21 bits per heavy atom. The standard InChI is InChI=1S/C17H24N4O2S/c22-16(15-13-2-1-3-14(13)19-20-15)18-12-5-4-11(10-12)17(23)21-6-8-24-9-7-21/h11-12H,1-10H2,(H,18,22)(H,19,20)/t11-,12+/m1/s1. The van der Waals surface area contributed by atoms with Gasteiger partial charge >= 0.3 is 0 Å². The molecule has 3 aliphatic rings. The smallest absolute Gasteiger partial charge is 0.272 e. The van der Waals surface area contributed by atoms with E-state index in [1.807, 2.05) is 16.7 Å². The summed E-state index contributed by atoms with van der Waals surface area (Å²) in [5, 5.41) is 10.3. The van der Waals surface area contributed by atoms with E-state index < -0.39 is 0 Å². The maximum Gasteiger partial charge on any atom is 0.272 e. The van der Waals surface area contributed by atoms with Crippen LogP contribution in [0.2, 0.25) is 0 Å². The van der Waals surface area contributed by atoms with Crippen molar-refractivity contribution in [2.24, 2.45) is 5.92 Å². The third kappa shape index (κ3) is 3.06.